The van der Waals surface area contributed by atoms with Gasteiger partial charge < -0.3 is 10.2 Å². The van der Waals surface area contributed by atoms with Crippen molar-refractivity contribution in [1.29, 1.82) is 0 Å². The van der Waals surface area contributed by atoms with Crippen LogP contribution in [0.2, 0.25) is 0 Å². The Morgan fingerprint density at radius 3 is 2.52 bits per heavy atom. The Hall–Kier alpha value is -1.98. The SMILES string of the molecule is O=C(CSc1ccc2cc(O)c(O)cc2c1)c1cccs1. The van der Waals surface area contributed by atoms with Crippen LogP contribution in [0.15, 0.2) is 52.7 Å². The third kappa shape index (κ3) is 3.04. The van der Waals surface area contributed by atoms with Crippen molar-refractivity contribution in [2.75, 3.05) is 5.75 Å². The number of aromatic hydroxyl groups is 2. The zero-order chi connectivity index (χ0) is 14.8. The number of benzene rings is 2. The quantitative estimate of drug-likeness (QED) is 0.428. The highest BCUT2D eigenvalue weighted by atomic mass is 32.2. The molecule has 0 spiro atoms. The lowest BCUT2D eigenvalue weighted by atomic mass is 10.1. The molecule has 1 heterocycles. The Morgan fingerprint density at radius 1 is 1.05 bits per heavy atom. The maximum Gasteiger partial charge on any atom is 0.182 e. The number of hydrogen-bond acceptors (Lipinski definition) is 5. The average Bonchev–Trinajstić information content (AvgIpc) is 3.00. The predicted octanol–water partition coefficient (Wildman–Crippen LogP) is 4.29. The smallest absolute Gasteiger partial charge is 0.182 e. The molecule has 106 valence electrons. The lowest BCUT2D eigenvalue weighted by molar-refractivity contribution is 0.102. The second kappa shape index (κ2) is 5.79. The van der Waals surface area contributed by atoms with Gasteiger partial charge in [0.15, 0.2) is 17.3 Å². The van der Waals surface area contributed by atoms with Gasteiger partial charge in [-0.15, -0.1) is 23.1 Å². The van der Waals surface area contributed by atoms with E-state index in [1.807, 2.05) is 35.7 Å². The van der Waals surface area contributed by atoms with Crippen molar-refractivity contribution < 1.29 is 15.0 Å². The maximum atomic E-state index is 12.0. The fraction of sp³-hybridized carbons (Fsp3) is 0.0625. The minimum Gasteiger partial charge on any atom is -0.504 e. The number of Topliss-reactive ketones (excluding diaryl/α,β-unsaturated/α-hetero) is 1. The van der Waals surface area contributed by atoms with E-state index in [-0.39, 0.29) is 17.3 Å². The number of fused-ring (bicyclic) bond motifs is 1. The van der Waals surface area contributed by atoms with Gasteiger partial charge in [-0.1, -0.05) is 12.1 Å². The van der Waals surface area contributed by atoms with Crippen molar-refractivity contribution in [3.05, 3.63) is 52.7 Å². The first-order valence-electron chi connectivity index (χ1n) is 6.29. The van der Waals surface area contributed by atoms with Gasteiger partial charge in [-0.2, -0.15) is 0 Å². The second-order valence-corrected chi connectivity index (χ2v) is 6.54. The Morgan fingerprint density at radius 2 is 1.81 bits per heavy atom. The van der Waals surface area contributed by atoms with Gasteiger partial charge in [0.25, 0.3) is 0 Å². The Bertz CT molecular complexity index is 795. The van der Waals surface area contributed by atoms with Gasteiger partial charge in [0.1, 0.15) is 0 Å². The number of carbonyl (C=O) groups is 1. The molecule has 0 aliphatic carbocycles. The lowest BCUT2D eigenvalue weighted by Gasteiger charge is -2.05. The average molecular weight is 316 g/mol. The summed E-state index contributed by atoms with van der Waals surface area (Å²) in [6, 6.07) is 12.4. The van der Waals surface area contributed by atoms with Crippen LogP contribution in [0.3, 0.4) is 0 Å². The molecule has 2 aromatic carbocycles. The molecule has 2 N–H and O–H groups in total. The second-order valence-electron chi connectivity index (χ2n) is 4.54. The zero-order valence-corrected chi connectivity index (χ0v) is 12.6. The molecule has 3 rings (SSSR count). The standard InChI is InChI=1S/C16H12O3S2/c17-13-7-10-3-4-12(6-11(10)8-14(13)18)21-9-15(19)16-2-1-5-20-16/h1-8,17-18H,9H2. The molecule has 0 atom stereocenters. The first-order valence-corrected chi connectivity index (χ1v) is 8.15. The van der Waals surface area contributed by atoms with Gasteiger partial charge >= 0.3 is 0 Å². The van der Waals surface area contributed by atoms with Crippen LogP contribution in [-0.4, -0.2) is 21.7 Å². The summed E-state index contributed by atoms with van der Waals surface area (Å²) in [6.45, 7) is 0. The number of thioether (sulfide) groups is 1. The Kier molecular flexibility index (Phi) is 3.86. The molecule has 0 radical (unpaired) electrons. The molecule has 0 aliphatic rings. The Balaban J connectivity index is 1.78. The number of hydrogen-bond donors (Lipinski definition) is 2. The van der Waals surface area contributed by atoms with Crippen molar-refractivity contribution in [3.8, 4) is 11.5 Å². The normalized spacial score (nSPS) is 10.9. The summed E-state index contributed by atoms with van der Waals surface area (Å²) in [6.07, 6.45) is 0. The molecule has 1 aromatic heterocycles. The number of phenols is 2. The molecule has 5 heteroatoms. The van der Waals surface area contributed by atoms with Gasteiger partial charge in [0, 0.05) is 4.90 Å². The monoisotopic (exact) mass is 316 g/mol. The molecule has 21 heavy (non-hydrogen) atoms. The van der Waals surface area contributed by atoms with Crippen molar-refractivity contribution in [3.63, 3.8) is 0 Å². The van der Waals surface area contributed by atoms with Gasteiger partial charge in [0.05, 0.1) is 10.6 Å². The molecule has 0 unspecified atom stereocenters. The highest BCUT2D eigenvalue weighted by Crippen LogP contribution is 2.32. The van der Waals surface area contributed by atoms with E-state index in [0.717, 1.165) is 20.5 Å². The fourth-order valence-corrected chi connectivity index (χ4v) is 3.58. The van der Waals surface area contributed by atoms with E-state index in [1.165, 1.54) is 35.2 Å². The molecule has 0 saturated carbocycles. The van der Waals surface area contributed by atoms with Gasteiger partial charge in [0.2, 0.25) is 0 Å². The molecule has 0 fully saturated rings. The fourth-order valence-electron chi connectivity index (χ4n) is 2.00. The van der Waals surface area contributed by atoms with Crippen LogP contribution in [0.5, 0.6) is 11.5 Å². The number of carbonyl (C=O) groups excluding carboxylic acids is 1. The minimum absolute atomic E-state index is 0.114. The summed E-state index contributed by atoms with van der Waals surface area (Å²) >= 11 is 2.91. The topological polar surface area (TPSA) is 57.5 Å². The summed E-state index contributed by atoms with van der Waals surface area (Å²) in [5, 5.41) is 22.6. The summed E-state index contributed by atoms with van der Waals surface area (Å²) in [5.74, 6) is 0.231. The first-order chi connectivity index (χ1) is 10.1. The van der Waals surface area contributed by atoms with E-state index in [1.54, 1.807) is 0 Å². The van der Waals surface area contributed by atoms with Crippen molar-refractivity contribution in [2.24, 2.45) is 0 Å². The van der Waals surface area contributed by atoms with Crippen LogP contribution >= 0.6 is 23.1 Å². The van der Waals surface area contributed by atoms with Crippen LogP contribution in [0.1, 0.15) is 9.67 Å². The lowest BCUT2D eigenvalue weighted by Crippen LogP contribution is -1.98. The van der Waals surface area contributed by atoms with E-state index in [2.05, 4.69) is 0 Å². The van der Waals surface area contributed by atoms with Crippen LogP contribution < -0.4 is 0 Å². The van der Waals surface area contributed by atoms with Gasteiger partial charge in [-0.25, -0.2) is 0 Å². The zero-order valence-electron chi connectivity index (χ0n) is 10.9. The molecule has 0 amide bonds. The van der Waals surface area contributed by atoms with E-state index in [4.69, 9.17) is 0 Å². The molecule has 0 aliphatic heterocycles. The minimum atomic E-state index is -0.140. The highest BCUT2D eigenvalue weighted by Gasteiger charge is 2.08. The number of rotatable bonds is 4. The van der Waals surface area contributed by atoms with Gasteiger partial charge in [-0.05, 0) is 46.5 Å². The third-order valence-electron chi connectivity index (χ3n) is 3.07. The van der Waals surface area contributed by atoms with E-state index in [0.29, 0.717) is 5.75 Å². The van der Waals surface area contributed by atoms with Crippen LogP contribution in [0.25, 0.3) is 10.8 Å². The first kappa shape index (κ1) is 14.0. The number of thiophene rings is 1. The predicted molar refractivity (Wildman–Crippen MR) is 86.7 cm³/mol. The van der Waals surface area contributed by atoms with Gasteiger partial charge in [-0.3, -0.25) is 4.79 Å². The summed E-state index contributed by atoms with van der Waals surface area (Å²) in [4.78, 5) is 13.7. The van der Waals surface area contributed by atoms with Crippen molar-refractivity contribution in [2.45, 2.75) is 4.90 Å². The summed E-state index contributed by atoms with van der Waals surface area (Å²) in [5.41, 5.74) is 0. The molecule has 0 bridgehead atoms. The molecule has 3 aromatic rings. The van der Waals surface area contributed by atoms with Crippen molar-refractivity contribution >= 4 is 39.7 Å². The molecule has 0 saturated heterocycles. The maximum absolute atomic E-state index is 12.0. The molecular weight excluding hydrogens is 304 g/mol. The number of ketones is 1. The highest BCUT2D eigenvalue weighted by molar-refractivity contribution is 8.00. The van der Waals surface area contributed by atoms with Crippen molar-refractivity contribution in [1.82, 2.24) is 0 Å². The largest absolute Gasteiger partial charge is 0.504 e. The van der Waals surface area contributed by atoms with E-state index >= 15 is 0 Å². The number of phenolic OH excluding ortho intramolecular Hbond substituents is 2. The molecular formula is C16H12O3S2. The Labute approximate surface area is 129 Å². The van der Waals surface area contributed by atoms with Crippen LogP contribution in [0, 0.1) is 0 Å². The summed E-state index contributed by atoms with van der Waals surface area (Å²) < 4.78 is 0. The summed E-state index contributed by atoms with van der Waals surface area (Å²) in [7, 11) is 0. The third-order valence-corrected chi connectivity index (χ3v) is 4.98. The van der Waals surface area contributed by atoms with Crippen LogP contribution in [-0.2, 0) is 0 Å². The van der Waals surface area contributed by atoms with Crippen LogP contribution in [0.4, 0.5) is 0 Å². The van der Waals surface area contributed by atoms with E-state index < -0.39 is 0 Å². The molecule has 3 nitrogen and oxygen atoms in total. The van der Waals surface area contributed by atoms with E-state index in [9.17, 15) is 15.0 Å².